The summed E-state index contributed by atoms with van der Waals surface area (Å²) in [6.07, 6.45) is 3.79. The lowest BCUT2D eigenvalue weighted by atomic mass is 10.1. The molecule has 1 heterocycles. The van der Waals surface area contributed by atoms with Crippen LogP contribution < -0.4 is 5.32 Å². The first-order valence-electron chi connectivity index (χ1n) is 6.35. The highest BCUT2D eigenvalue weighted by Gasteiger charge is 2.40. The molecule has 0 aromatic heterocycles. The van der Waals surface area contributed by atoms with Crippen LogP contribution in [0.4, 0.5) is 0 Å². The molecule has 0 saturated carbocycles. The maximum Gasteiger partial charge on any atom is 0.247 e. The molecule has 0 aromatic carbocycles. The third-order valence-electron chi connectivity index (χ3n) is 2.66. The summed E-state index contributed by atoms with van der Waals surface area (Å²) < 4.78 is -3.64. The molecule has 1 rings (SSSR count). The van der Waals surface area contributed by atoms with E-state index in [1.807, 2.05) is 0 Å². The number of amidine groups is 2. The van der Waals surface area contributed by atoms with Crippen molar-refractivity contribution in [2.75, 3.05) is 0 Å². The molecule has 0 fully saturated rings. The molecular weight excluding hydrogens is 425 g/mol. The van der Waals surface area contributed by atoms with Crippen molar-refractivity contribution in [2.45, 2.75) is 33.0 Å². The zero-order valence-electron chi connectivity index (χ0n) is 11.7. The molecule has 0 radical (unpaired) electrons. The zero-order valence-corrected chi connectivity index (χ0v) is 16.2. The van der Waals surface area contributed by atoms with Crippen LogP contribution in [0.25, 0.3) is 0 Å². The molecule has 10 heteroatoms. The summed E-state index contributed by atoms with van der Waals surface area (Å²) in [5.74, 6) is 0.356. The van der Waals surface area contributed by atoms with Crippen molar-refractivity contribution in [1.29, 1.82) is 5.26 Å². The van der Waals surface area contributed by atoms with Crippen molar-refractivity contribution in [2.24, 2.45) is 9.98 Å². The van der Waals surface area contributed by atoms with E-state index in [9.17, 15) is 0 Å². The number of allylic oxidation sites excluding steroid dienone is 2. The van der Waals surface area contributed by atoms with Gasteiger partial charge in [-0.25, -0.2) is 9.98 Å². The summed E-state index contributed by atoms with van der Waals surface area (Å²) in [6.45, 7) is 3.65. The summed E-state index contributed by atoms with van der Waals surface area (Å²) in [4.78, 5) is 8.30. The topological polar surface area (TPSA) is 60.5 Å². The minimum absolute atomic E-state index is 0.000861. The molecular formula is C13H12Cl6N4. The standard InChI is InChI=1S/C13H12Cl6N4/c1-2-5-8(6-3-4-7-20)9-21-10(12(14,15)16)23-11(22-9)13(17,18)19/h2,5,10H,1,3-4,6H2,(H,21,22,23)/b8-5+. The van der Waals surface area contributed by atoms with Crippen molar-refractivity contribution < 1.29 is 0 Å². The molecule has 0 bridgehead atoms. The average molecular weight is 437 g/mol. The molecule has 4 nitrogen and oxygen atoms in total. The molecule has 1 aliphatic heterocycles. The number of rotatable bonds is 5. The van der Waals surface area contributed by atoms with Gasteiger partial charge in [0.1, 0.15) is 5.84 Å². The summed E-state index contributed by atoms with van der Waals surface area (Å²) in [5.41, 5.74) is 0.733. The van der Waals surface area contributed by atoms with E-state index in [2.05, 4.69) is 27.9 Å². The van der Waals surface area contributed by atoms with Gasteiger partial charge in [-0.1, -0.05) is 88.3 Å². The van der Waals surface area contributed by atoms with Gasteiger partial charge in [0.2, 0.25) is 7.59 Å². The van der Waals surface area contributed by atoms with Crippen LogP contribution in [-0.2, 0) is 0 Å². The number of aliphatic imine (C=N–C) groups is 2. The van der Waals surface area contributed by atoms with Crippen LogP contribution >= 0.6 is 69.6 Å². The van der Waals surface area contributed by atoms with E-state index in [0.717, 1.165) is 5.57 Å². The van der Waals surface area contributed by atoms with Gasteiger partial charge in [-0.15, -0.1) is 0 Å². The molecule has 23 heavy (non-hydrogen) atoms. The number of halogens is 6. The quantitative estimate of drug-likeness (QED) is 0.363. The molecule has 1 unspecified atom stereocenters. The molecule has 0 aromatic rings. The lowest BCUT2D eigenvalue weighted by Gasteiger charge is -2.28. The van der Waals surface area contributed by atoms with Crippen LogP contribution in [0, 0.1) is 11.3 Å². The first-order chi connectivity index (χ1) is 10.6. The fourth-order valence-electron chi connectivity index (χ4n) is 1.68. The van der Waals surface area contributed by atoms with Gasteiger partial charge in [-0.05, 0) is 18.4 Å². The highest BCUT2D eigenvalue weighted by atomic mass is 35.6. The molecule has 0 amide bonds. The van der Waals surface area contributed by atoms with Crippen molar-refractivity contribution in [1.82, 2.24) is 5.32 Å². The highest BCUT2D eigenvalue weighted by Crippen LogP contribution is 2.37. The number of hydrogen-bond acceptors (Lipinski definition) is 4. The first kappa shape index (κ1) is 20.9. The van der Waals surface area contributed by atoms with Crippen LogP contribution in [0.2, 0.25) is 0 Å². The summed E-state index contributed by atoms with van der Waals surface area (Å²) in [7, 11) is 0. The molecule has 126 valence electrons. The van der Waals surface area contributed by atoms with Crippen LogP contribution in [0.1, 0.15) is 19.3 Å². The second-order valence-electron chi connectivity index (χ2n) is 4.43. The third kappa shape index (κ3) is 6.70. The van der Waals surface area contributed by atoms with E-state index in [-0.39, 0.29) is 5.84 Å². The Morgan fingerprint density at radius 3 is 2.39 bits per heavy atom. The van der Waals surface area contributed by atoms with E-state index >= 15 is 0 Å². The SMILES string of the molecule is C=C/C=C(\CCCC#N)C1=NC(C(Cl)(Cl)Cl)N=C(C(Cl)(Cl)Cl)N1. The van der Waals surface area contributed by atoms with Gasteiger partial charge in [0, 0.05) is 6.42 Å². The molecule has 1 N–H and O–H groups in total. The van der Waals surface area contributed by atoms with Crippen LogP contribution in [0.5, 0.6) is 0 Å². The number of alkyl halides is 6. The van der Waals surface area contributed by atoms with Gasteiger partial charge in [0.15, 0.2) is 12.0 Å². The number of nitrogens with zero attached hydrogens (tertiary/aromatic N) is 3. The smallest absolute Gasteiger partial charge is 0.247 e. The Labute approximate surface area is 164 Å². The Kier molecular flexibility index (Phi) is 8.00. The van der Waals surface area contributed by atoms with Crippen LogP contribution in [-0.4, -0.2) is 25.4 Å². The molecule has 0 spiro atoms. The van der Waals surface area contributed by atoms with E-state index in [1.165, 1.54) is 0 Å². The molecule has 1 atom stereocenters. The van der Waals surface area contributed by atoms with Gasteiger partial charge < -0.3 is 5.32 Å². The normalized spacial score (nSPS) is 19.3. The second-order valence-corrected chi connectivity index (χ2v) is 9.08. The number of unbranched alkanes of at least 4 members (excludes halogenated alkanes) is 1. The Bertz CT molecular complexity index is 577. The fourth-order valence-corrected chi connectivity index (χ4v) is 2.27. The Hall–Kier alpha value is -0.150. The van der Waals surface area contributed by atoms with E-state index in [4.69, 9.17) is 74.9 Å². The third-order valence-corrected chi connectivity index (χ3v) is 3.78. The highest BCUT2D eigenvalue weighted by molar-refractivity contribution is 6.77. The summed E-state index contributed by atoms with van der Waals surface area (Å²) in [6, 6.07) is 2.07. The largest absolute Gasteiger partial charge is 0.325 e. The van der Waals surface area contributed by atoms with E-state index in [0.29, 0.717) is 25.1 Å². The lowest BCUT2D eigenvalue weighted by molar-refractivity contribution is 0.707. The molecule has 1 aliphatic rings. The second kappa shape index (κ2) is 8.80. The Morgan fingerprint density at radius 2 is 1.91 bits per heavy atom. The van der Waals surface area contributed by atoms with Crippen molar-refractivity contribution >= 4 is 81.3 Å². The maximum atomic E-state index is 8.66. The Balaban J connectivity index is 3.17. The van der Waals surface area contributed by atoms with Crippen LogP contribution in [0.15, 0.2) is 34.3 Å². The predicted octanol–water partition coefficient (Wildman–Crippen LogP) is 5.26. The number of hydrogen-bond donors (Lipinski definition) is 1. The minimum Gasteiger partial charge on any atom is -0.325 e. The minimum atomic E-state index is -1.83. The summed E-state index contributed by atoms with van der Waals surface area (Å²) in [5, 5.41) is 11.5. The number of nitrogens with one attached hydrogen (secondary N) is 1. The number of nitriles is 1. The summed E-state index contributed by atoms with van der Waals surface area (Å²) >= 11 is 35.3. The lowest BCUT2D eigenvalue weighted by Crippen LogP contribution is -2.46. The van der Waals surface area contributed by atoms with E-state index < -0.39 is 13.8 Å². The zero-order chi connectivity index (χ0) is 17.7. The Morgan fingerprint density at radius 1 is 1.26 bits per heavy atom. The van der Waals surface area contributed by atoms with E-state index in [1.54, 1.807) is 12.2 Å². The van der Waals surface area contributed by atoms with Gasteiger partial charge in [-0.2, -0.15) is 5.26 Å². The molecule has 0 aliphatic carbocycles. The van der Waals surface area contributed by atoms with Crippen molar-refractivity contribution in [3.8, 4) is 6.07 Å². The maximum absolute atomic E-state index is 8.66. The van der Waals surface area contributed by atoms with Crippen molar-refractivity contribution in [3.63, 3.8) is 0 Å². The van der Waals surface area contributed by atoms with Gasteiger partial charge >= 0.3 is 0 Å². The predicted molar refractivity (Wildman–Crippen MR) is 100 cm³/mol. The van der Waals surface area contributed by atoms with Gasteiger partial charge in [0.25, 0.3) is 0 Å². The van der Waals surface area contributed by atoms with Gasteiger partial charge in [-0.3, -0.25) is 0 Å². The molecule has 0 saturated heterocycles. The van der Waals surface area contributed by atoms with Gasteiger partial charge in [0.05, 0.1) is 6.07 Å². The monoisotopic (exact) mass is 434 g/mol. The fraction of sp³-hybridized carbons (Fsp3) is 0.462. The van der Waals surface area contributed by atoms with Crippen LogP contribution in [0.3, 0.4) is 0 Å². The average Bonchev–Trinajstić information content (AvgIpc) is 2.44. The first-order valence-corrected chi connectivity index (χ1v) is 8.61. The van der Waals surface area contributed by atoms with Crippen molar-refractivity contribution in [3.05, 3.63) is 24.3 Å².